The summed E-state index contributed by atoms with van der Waals surface area (Å²) >= 11 is 0. The Morgan fingerprint density at radius 2 is 1.23 bits per heavy atom. The molecular weight excluding hydrogens is 344 g/mol. The van der Waals surface area contributed by atoms with Gasteiger partial charge in [-0.1, -0.05) is 24.3 Å². The molecule has 0 spiro atoms. The highest BCUT2D eigenvalue weighted by molar-refractivity contribution is 6.02. The fraction of sp³-hybridized carbons (Fsp3) is 0. The van der Waals surface area contributed by atoms with Crippen molar-refractivity contribution in [1.29, 1.82) is 0 Å². The van der Waals surface area contributed by atoms with Gasteiger partial charge in [-0.3, -0.25) is 0 Å². The zero-order chi connectivity index (χ0) is 19.4. The van der Waals surface area contributed by atoms with E-state index in [0.29, 0.717) is 5.56 Å². The number of hydrogen-bond donors (Lipinski definition) is 4. The van der Waals surface area contributed by atoms with Crippen molar-refractivity contribution in [2.75, 3.05) is 0 Å². The van der Waals surface area contributed by atoms with E-state index >= 15 is 0 Å². The van der Waals surface area contributed by atoms with Crippen molar-refractivity contribution >= 4 is 36.0 Å². The molecule has 2 aromatic rings. The van der Waals surface area contributed by atoms with Crippen molar-refractivity contribution in [2.24, 2.45) is 0 Å². The zero-order valence-electron chi connectivity index (χ0n) is 13.0. The van der Waals surface area contributed by atoms with Crippen LogP contribution in [0, 0.1) is 0 Å². The average Bonchev–Trinajstić information content (AvgIpc) is 2.59. The molecule has 0 radical (unpaired) electrons. The predicted molar refractivity (Wildman–Crippen MR) is 89.6 cm³/mol. The van der Waals surface area contributed by atoms with Crippen molar-refractivity contribution < 1.29 is 39.6 Å². The lowest BCUT2D eigenvalue weighted by atomic mass is 10.0. The summed E-state index contributed by atoms with van der Waals surface area (Å²) in [5.41, 5.74) is -0.640. The van der Waals surface area contributed by atoms with Gasteiger partial charge in [0.25, 0.3) is 0 Å². The summed E-state index contributed by atoms with van der Waals surface area (Å²) in [5.74, 6) is -5.37. The predicted octanol–water partition coefficient (Wildman–Crippen LogP) is 2.65. The lowest BCUT2D eigenvalue weighted by molar-refractivity contribution is 0.0651. The molecule has 132 valence electrons. The highest BCUT2D eigenvalue weighted by Gasteiger charge is 2.16. The first-order chi connectivity index (χ1) is 12.2. The third kappa shape index (κ3) is 3.93. The molecule has 0 heterocycles. The molecule has 0 saturated carbocycles. The van der Waals surface area contributed by atoms with E-state index in [-0.39, 0.29) is 22.3 Å². The number of carbonyl (C=O) groups is 4. The van der Waals surface area contributed by atoms with Crippen LogP contribution in [-0.4, -0.2) is 44.3 Å². The second-order valence-electron chi connectivity index (χ2n) is 5.16. The third-order valence-electron chi connectivity index (χ3n) is 3.49. The van der Waals surface area contributed by atoms with Crippen LogP contribution in [0.2, 0.25) is 0 Å². The van der Waals surface area contributed by atoms with Crippen LogP contribution in [0.4, 0.5) is 0 Å². The highest BCUT2D eigenvalue weighted by Crippen LogP contribution is 2.18. The molecule has 0 aliphatic carbocycles. The zero-order valence-corrected chi connectivity index (χ0v) is 13.0. The van der Waals surface area contributed by atoms with Gasteiger partial charge in [-0.2, -0.15) is 0 Å². The van der Waals surface area contributed by atoms with Gasteiger partial charge in [0.2, 0.25) is 0 Å². The van der Waals surface area contributed by atoms with E-state index in [2.05, 4.69) is 0 Å². The molecule has 0 saturated heterocycles. The summed E-state index contributed by atoms with van der Waals surface area (Å²) in [7, 11) is 0. The van der Waals surface area contributed by atoms with Gasteiger partial charge >= 0.3 is 23.9 Å². The summed E-state index contributed by atoms with van der Waals surface area (Å²) in [6.07, 6.45) is 2.77. The molecule has 2 aromatic carbocycles. The Bertz CT molecular complexity index is 956. The van der Waals surface area contributed by atoms with Gasteiger partial charge in [0.15, 0.2) is 0 Å². The molecule has 8 nitrogen and oxygen atoms in total. The molecule has 2 rings (SSSR count). The Kier molecular flexibility index (Phi) is 5.17. The molecule has 26 heavy (non-hydrogen) atoms. The number of aromatic carboxylic acids is 4. The molecule has 8 heteroatoms. The Balaban J connectivity index is 2.45. The quantitative estimate of drug-likeness (QED) is 0.577. The first-order valence-electron chi connectivity index (χ1n) is 7.10. The van der Waals surface area contributed by atoms with Gasteiger partial charge in [0.1, 0.15) is 0 Å². The van der Waals surface area contributed by atoms with E-state index in [0.717, 1.165) is 18.2 Å². The van der Waals surface area contributed by atoms with Crippen molar-refractivity contribution in [3.8, 4) is 0 Å². The monoisotopic (exact) mass is 356 g/mol. The molecule has 0 unspecified atom stereocenters. The van der Waals surface area contributed by atoms with Crippen LogP contribution < -0.4 is 0 Å². The molecule has 0 atom stereocenters. The van der Waals surface area contributed by atoms with E-state index < -0.39 is 29.4 Å². The van der Waals surface area contributed by atoms with Gasteiger partial charge in [-0.15, -0.1) is 0 Å². The fourth-order valence-electron chi connectivity index (χ4n) is 2.23. The van der Waals surface area contributed by atoms with Crippen LogP contribution in [-0.2, 0) is 0 Å². The van der Waals surface area contributed by atoms with Crippen LogP contribution in [0.3, 0.4) is 0 Å². The van der Waals surface area contributed by atoms with Gasteiger partial charge < -0.3 is 20.4 Å². The van der Waals surface area contributed by atoms with Crippen LogP contribution in [0.1, 0.15) is 52.6 Å². The number of hydrogen-bond acceptors (Lipinski definition) is 4. The maximum atomic E-state index is 11.3. The SMILES string of the molecule is O=C(O)c1ccc(/C=C\c2ccc(C(=O)O)c(C(=O)O)c2)c(C(=O)O)c1. The molecule has 0 aliphatic rings. The van der Waals surface area contributed by atoms with E-state index in [4.69, 9.17) is 15.3 Å². The van der Waals surface area contributed by atoms with E-state index in [9.17, 15) is 24.3 Å². The standard InChI is InChI=1S/C18H12O8/c19-15(20)11-5-4-10(13(8-11)17(23)24)3-1-9-2-6-12(16(21)22)14(7-9)18(25)26/h1-8H,(H,19,20)(H,21,22)(H,23,24)(H,25,26)/b3-1-. The van der Waals surface area contributed by atoms with Crippen molar-refractivity contribution in [2.45, 2.75) is 0 Å². The molecule has 0 fully saturated rings. The summed E-state index contributed by atoms with van der Waals surface area (Å²) in [5, 5.41) is 36.2. The van der Waals surface area contributed by atoms with Crippen LogP contribution >= 0.6 is 0 Å². The maximum absolute atomic E-state index is 11.3. The minimum Gasteiger partial charge on any atom is -0.478 e. The Labute approximate surface area is 146 Å². The molecule has 0 bridgehead atoms. The summed E-state index contributed by atoms with van der Waals surface area (Å²) in [6, 6.07) is 7.22. The first kappa shape index (κ1) is 18.4. The van der Waals surface area contributed by atoms with Crippen molar-refractivity contribution in [3.05, 3.63) is 69.8 Å². The first-order valence-corrected chi connectivity index (χ1v) is 7.10. The number of carboxylic acid groups (broad SMARTS) is 4. The third-order valence-corrected chi connectivity index (χ3v) is 3.49. The topological polar surface area (TPSA) is 149 Å². The lowest BCUT2D eigenvalue weighted by Crippen LogP contribution is -2.08. The summed E-state index contributed by atoms with van der Waals surface area (Å²) in [4.78, 5) is 44.4. The maximum Gasteiger partial charge on any atom is 0.336 e. The fourth-order valence-corrected chi connectivity index (χ4v) is 2.23. The van der Waals surface area contributed by atoms with Crippen molar-refractivity contribution in [1.82, 2.24) is 0 Å². The second kappa shape index (κ2) is 7.31. The van der Waals surface area contributed by atoms with Gasteiger partial charge in [0.05, 0.1) is 22.3 Å². The Hall–Kier alpha value is -3.94. The smallest absolute Gasteiger partial charge is 0.336 e. The van der Waals surface area contributed by atoms with E-state index in [1.54, 1.807) is 0 Å². The van der Waals surface area contributed by atoms with Crippen LogP contribution in [0.25, 0.3) is 12.2 Å². The van der Waals surface area contributed by atoms with Gasteiger partial charge in [0, 0.05) is 0 Å². The lowest BCUT2D eigenvalue weighted by Gasteiger charge is -2.05. The summed E-state index contributed by atoms with van der Waals surface area (Å²) in [6.45, 7) is 0. The van der Waals surface area contributed by atoms with Gasteiger partial charge in [-0.05, 0) is 35.4 Å². The van der Waals surface area contributed by atoms with Crippen molar-refractivity contribution in [3.63, 3.8) is 0 Å². The number of rotatable bonds is 6. The van der Waals surface area contributed by atoms with E-state index in [1.165, 1.54) is 30.4 Å². The number of carboxylic acids is 4. The number of benzene rings is 2. The molecule has 0 aromatic heterocycles. The molecule has 0 amide bonds. The van der Waals surface area contributed by atoms with Gasteiger partial charge in [-0.25, -0.2) is 19.2 Å². The Morgan fingerprint density at radius 1 is 0.615 bits per heavy atom. The van der Waals surface area contributed by atoms with Crippen LogP contribution in [0.5, 0.6) is 0 Å². The molecule has 0 aliphatic heterocycles. The second-order valence-corrected chi connectivity index (χ2v) is 5.16. The molecular formula is C18H12O8. The normalized spacial score (nSPS) is 10.6. The Morgan fingerprint density at radius 3 is 1.77 bits per heavy atom. The highest BCUT2D eigenvalue weighted by atomic mass is 16.4. The van der Waals surface area contributed by atoms with Crippen LogP contribution in [0.15, 0.2) is 36.4 Å². The molecule has 4 N–H and O–H groups in total. The minimum atomic E-state index is -1.41. The minimum absolute atomic E-state index is 0.182. The average molecular weight is 356 g/mol. The summed E-state index contributed by atoms with van der Waals surface area (Å²) < 4.78 is 0. The largest absolute Gasteiger partial charge is 0.478 e. The van der Waals surface area contributed by atoms with E-state index in [1.807, 2.05) is 0 Å².